The van der Waals surface area contributed by atoms with Crippen molar-refractivity contribution >= 4 is 5.91 Å². The molecule has 4 heteroatoms. The molecular formula is C16H23N3O. The highest BCUT2D eigenvalue weighted by atomic mass is 16.2. The zero-order chi connectivity index (χ0) is 14.0. The molecule has 20 heavy (non-hydrogen) atoms. The molecule has 1 N–H and O–H groups in total. The smallest absolute Gasteiger partial charge is 0.255 e. The van der Waals surface area contributed by atoms with Gasteiger partial charge in [-0.3, -0.25) is 9.78 Å². The van der Waals surface area contributed by atoms with Crippen molar-refractivity contribution in [3.05, 3.63) is 29.6 Å². The van der Waals surface area contributed by atoms with Gasteiger partial charge in [-0.25, -0.2) is 0 Å². The van der Waals surface area contributed by atoms with E-state index in [0.717, 1.165) is 43.6 Å². The third-order valence-corrected chi connectivity index (χ3v) is 4.69. The van der Waals surface area contributed by atoms with Crippen LogP contribution in [0.25, 0.3) is 0 Å². The molecule has 1 aliphatic heterocycles. The van der Waals surface area contributed by atoms with Gasteiger partial charge in [-0.1, -0.05) is 19.3 Å². The summed E-state index contributed by atoms with van der Waals surface area (Å²) in [5, 5.41) is 3.48. The zero-order valence-corrected chi connectivity index (χ0v) is 12.2. The predicted molar refractivity (Wildman–Crippen MR) is 78.7 cm³/mol. The van der Waals surface area contributed by atoms with Gasteiger partial charge in [-0.05, 0) is 31.4 Å². The first-order chi connectivity index (χ1) is 9.71. The molecule has 1 saturated heterocycles. The molecule has 2 fully saturated rings. The molecule has 2 aliphatic rings. The molecule has 1 aromatic rings. The molecule has 1 aromatic heterocycles. The fourth-order valence-electron chi connectivity index (χ4n) is 3.65. The summed E-state index contributed by atoms with van der Waals surface area (Å²) in [6, 6.07) is 1.95. The van der Waals surface area contributed by atoms with Crippen molar-refractivity contribution in [3.63, 3.8) is 0 Å². The number of aromatic nitrogens is 1. The van der Waals surface area contributed by atoms with Crippen molar-refractivity contribution in [2.75, 3.05) is 19.6 Å². The van der Waals surface area contributed by atoms with Crippen molar-refractivity contribution in [1.29, 1.82) is 0 Å². The first kappa shape index (κ1) is 13.6. The summed E-state index contributed by atoms with van der Waals surface area (Å²) < 4.78 is 0. The summed E-state index contributed by atoms with van der Waals surface area (Å²) in [7, 11) is 0. The van der Waals surface area contributed by atoms with E-state index in [0.29, 0.717) is 0 Å². The van der Waals surface area contributed by atoms with Crippen molar-refractivity contribution in [1.82, 2.24) is 15.2 Å². The molecule has 108 valence electrons. The van der Waals surface area contributed by atoms with Gasteiger partial charge in [0.25, 0.3) is 5.91 Å². The van der Waals surface area contributed by atoms with Gasteiger partial charge < -0.3 is 10.2 Å². The number of hydrogen-bond acceptors (Lipinski definition) is 3. The van der Waals surface area contributed by atoms with Gasteiger partial charge in [0, 0.05) is 32.0 Å². The van der Waals surface area contributed by atoms with Crippen LogP contribution in [0.1, 0.15) is 48.0 Å². The Morgan fingerprint density at radius 2 is 2.10 bits per heavy atom. The minimum atomic E-state index is 0.0390. The maximum absolute atomic E-state index is 12.9. The van der Waals surface area contributed by atoms with Crippen LogP contribution >= 0.6 is 0 Å². The molecular weight excluding hydrogens is 250 g/mol. The quantitative estimate of drug-likeness (QED) is 0.852. The van der Waals surface area contributed by atoms with Gasteiger partial charge in [-0.2, -0.15) is 0 Å². The Hall–Kier alpha value is -1.42. The molecule has 1 amide bonds. The Kier molecular flexibility index (Phi) is 3.74. The van der Waals surface area contributed by atoms with Crippen LogP contribution in [0.4, 0.5) is 0 Å². The lowest BCUT2D eigenvalue weighted by Crippen LogP contribution is -2.63. The second kappa shape index (κ2) is 5.52. The number of amides is 1. The molecule has 4 nitrogen and oxygen atoms in total. The second-order valence-electron chi connectivity index (χ2n) is 6.17. The predicted octanol–water partition coefficient (Wildman–Crippen LogP) is 2.14. The lowest BCUT2D eigenvalue weighted by molar-refractivity contribution is 0.0222. The number of carbonyl (C=O) groups is 1. The standard InChI is InChI=1S/C16H23N3O/c1-13-9-14(11-18-10-13)15(20)19-8-7-17-12-16(19)5-3-2-4-6-16/h9-11,17H,2-8,12H2,1H3. The van der Waals surface area contributed by atoms with Gasteiger partial charge in [0.15, 0.2) is 0 Å². The van der Waals surface area contributed by atoms with Gasteiger partial charge in [-0.15, -0.1) is 0 Å². The summed E-state index contributed by atoms with van der Waals surface area (Å²) >= 11 is 0. The number of piperazine rings is 1. The maximum atomic E-state index is 12.9. The van der Waals surface area contributed by atoms with E-state index in [1.807, 2.05) is 13.0 Å². The van der Waals surface area contributed by atoms with Gasteiger partial charge in [0.2, 0.25) is 0 Å². The lowest BCUT2D eigenvalue weighted by Gasteiger charge is -2.49. The van der Waals surface area contributed by atoms with E-state index in [1.165, 1.54) is 19.3 Å². The van der Waals surface area contributed by atoms with E-state index in [1.54, 1.807) is 12.4 Å². The number of aryl methyl sites for hydroxylation is 1. The summed E-state index contributed by atoms with van der Waals surface area (Å²) in [5.74, 6) is 0.157. The third kappa shape index (κ3) is 2.44. The molecule has 2 heterocycles. The topological polar surface area (TPSA) is 45.2 Å². The summed E-state index contributed by atoms with van der Waals surface area (Å²) in [4.78, 5) is 19.2. The molecule has 0 aromatic carbocycles. The Bertz CT molecular complexity index is 486. The first-order valence-corrected chi connectivity index (χ1v) is 7.66. The number of hydrogen-bond donors (Lipinski definition) is 1. The second-order valence-corrected chi connectivity index (χ2v) is 6.17. The van der Waals surface area contributed by atoms with Gasteiger partial charge in [0.05, 0.1) is 11.1 Å². The highest BCUT2D eigenvalue weighted by Gasteiger charge is 2.42. The molecule has 0 bridgehead atoms. The monoisotopic (exact) mass is 273 g/mol. The average Bonchev–Trinajstić information content (AvgIpc) is 2.48. The molecule has 0 unspecified atom stereocenters. The summed E-state index contributed by atoms with van der Waals surface area (Å²) in [6.45, 7) is 4.63. The molecule has 1 saturated carbocycles. The van der Waals surface area contributed by atoms with Crippen LogP contribution in [0, 0.1) is 6.92 Å². The Morgan fingerprint density at radius 1 is 1.30 bits per heavy atom. The molecule has 3 rings (SSSR count). The Morgan fingerprint density at radius 3 is 2.85 bits per heavy atom. The van der Waals surface area contributed by atoms with E-state index in [4.69, 9.17) is 0 Å². The largest absolute Gasteiger partial charge is 0.330 e. The van der Waals surface area contributed by atoms with Crippen molar-refractivity contribution < 1.29 is 4.79 Å². The number of rotatable bonds is 1. The van der Waals surface area contributed by atoms with Gasteiger partial charge in [0.1, 0.15) is 0 Å². The average molecular weight is 273 g/mol. The van der Waals surface area contributed by atoms with Crippen LogP contribution in [0.5, 0.6) is 0 Å². The Labute approximate surface area is 120 Å². The number of carbonyl (C=O) groups excluding carboxylic acids is 1. The van der Waals surface area contributed by atoms with Crippen LogP contribution in [0.2, 0.25) is 0 Å². The number of nitrogens with zero attached hydrogens (tertiary/aromatic N) is 2. The van der Waals surface area contributed by atoms with E-state index < -0.39 is 0 Å². The molecule has 1 spiro atoms. The van der Waals surface area contributed by atoms with Gasteiger partial charge >= 0.3 is 0 Å². The van der Waals surface area contributed by atoms with Crippen LogP contribution in [-0.4, -0.2) is 41.0 Å². The minimum absolute atomic E-state index is 0.0390. The fraction of sp³-hybridized carbons (Fsp3) is 0.625. The van der Waals surface area contributed by atoms with E-state index in [-0.39, 0.29) is 11.4 Å². The van der Waals surface area contributed by atoms with E-state index >= 15 is 0 Å². The maximum Gasteiger partial charge on any atom is 0.255 e. The Balaban J connectivity index is 1.87. The molecule has 0 radical (unpaired) electrons. The normalized spacial score (nSPS) is 21.9. The fourth-order valence-corrected chi connectivity index (χ4v) is 3.65. The van der Waals surface area contributed by atoms with Crippen LogP contribution in [0.3, 0.4) is 0 Å². The van der Waals surface area contributed by atoms with Crippen LogP contribution < -0.4 is 5.32 Å². The van der Waals surface area contributed by atoms with Crippen molar-refractivity contribution in [2.45, 2.75) is 44.6 Å². The summed E-state index contributed by atoms with van der Waals surface area (Å²) in [5.41, 5.74) is 1.82. The zero-order valence-electron chi connectivity index (χ0n) is 12.2. The lowest BCUT2D eigenvalue weighted by atomic mass is 9.78. The number of pyridine rings is 1. The molecule has 0 atom stereocenters. The highest BCUT2D eigenvalue weighted by Crippen LogP contribution is 2.35. The SMILES string of the molecule is Cc1cncc(C(=O)N2CCNCC23CCCCC3)c1. The van der Waals surface area contributed by atoms with E-state index in [2.05, 4.69) is 15.2 Å². The summed E-state index contributed by atoms with van der Waals surface area (Å²) in [6.07, 6.45) is 9.53. The first-order valence-electron chi connectivity index (χ1n) is 7.66. The highest BCUT2D eigenvalue weighted by molar-refractivity contribution is 5.94. The van der Waals surface area contributed by atoms with Crippen LogP contribution in [0.15, 0.2) is 18.5 Å². The van der Waals surface area contributed by atoms with E-state index in [9.17, 15) is 4.79 Å². The van der Waals surface area contributed by atoms with Crippen molar-refractivity contribution in [3.8, 4) is 0 Å². The number of nitrogens with one attached hydrogen (secondary N) is 1. The van der Waals surface area contributed by atoms with Crippen molar-refractivity contribution in [2.24, 2.45) is 0 Å². The third-order valence-electron chi connectivity index (χ3n) is 4.69. The molecule has 1 aliphatic carbocycles. The minimum Gasteiger partial charge on any atom is -0.330 e. The van der Waals surface area contributed by atoms with Crippen LogP contribution in [-0.2, 0) is 0 Å².